The Morgan fingerprint density at radius 1 is 1.11 bits per heavy atom. The first kappa shape index (κ1) is 31.7. The SMILES string of the molecule is COC(=O)/C=C/CCC(NC(=O)c1cc2ccccc2[nH]1)C(=O)Nc1cccn(CC(=O)NC2C(C)CC3CCCC2C3)c1=O. The third-order valence-electron chi connectivity index (χ3n) is 9.04. The number of H-pyrrole nitrogens is 1. The van der Waals surface area contributed by atoms with Gasteiger partial charge in [0, 0.05) is 29.2 Å². The summed E-state index contributed by atoms with van der Waals surface area (Å²) in [5, 5.41) is 9.42. The van der Waals surface area contributed by atoms with E-state index in [1.54, 1.807) is 18.2 Å². The molecule has 2 heterocycles. The van der Waals surface area contributed by atoms with Crippen LogP contribution in [0.5, 0.6) is 0 Å². The third-order valence-corrected chi connectivity index (χ3v) is 9.04. The van der Waals surface area contributed by atoms with Gasteiger partial charge >= 0.3 is 5.97 Å². The summed E-state index contributed by atoms with van der Waals surface area (Å²) in [4.78, 5) is 67.5. The van der Waals surface area contributed by atoms with E-state index in [9.17, 15) is 24.0 Å². The fourth-order valence-electron chi connectivity index (χ4n) is 6.84. The summed E-state index contributed by atoms with van der Waals surface area (Å²) in [6.45, 7) is 2.02. The van der Waals surface area contributed by atoms with Gasteiger partial charge in [0.25, 0.3) is 11.5 Å². The van der Waals surface area contributed by atoms with Crippen LogP contribution in [0.15, 0.2) is 65.6 Å². The fraction of sp³-hybridized carbons (Fsp3) is 0.441. The Morgan fingerprint density at radius 3 is 2.73 bits per heavy atom. The number of para-hydroxylation sites is 1. The topological polar surface area (TPSA) is 151 Å². The molecule has 5 rings (SSSR count). The summed E-state index contributed by atoms with van der Waals surface area (Å²) in [6, 6.07) is 11.2. The molecule has 238 valence electrons. The molecule has 0 spiro atoms. The van der Waals surface area contributed by atoms with Gasteiger partial charge in [-0.25, -0.2) is 4.79 Å². The molecule has 2 aliphatic rings. The zero-order valence-electron chi connectivity index (χ0n) is 25.7. The first-order valence-electron chi connectivity index (χ1n) is 15.6. The maximum atomic E-state index is 13.4. The zero-order valence-corrected chi connectivity index (χ0v) is 25.7. The highest BCUT2D eigenvalue weighted by molar-refractivity contribution is 6.02. The van der Waals surface area contributed by atoms with E-state index >= 15 is 0 Å². The number of pyridine rings is 1. The van der Waals surface area contributed by atoms with Gasteiger partial charge in [-0.05, 0) is 74.1 Å². The first-order chi connectivity index (χ1) is 21.7. The Labute approximate surface area is 261 Å². The normalized spacial score (nSPS) is 21.6. The Morgan fingerprint density at radius 2 is 1.93 bits per heavy atom. The number of ether oxygens (including phenoxy) is 1. The monoisotopic (exact) mass is 615 g/mol. The quantitative estimate of drug-likeness (QED) is 0.190. The largest absolute Gasteiger partial charge is 0.466 e. The van der Waals surface area contributed by atoms with E-state index < -0.39 is 29.4 Å². The van der Waals surface area contributed by atoms with Gasteiger partial charge < -0.3 is 30.2 Å². The van der Waals surface area contributed by atoms with E-state index in [1.807, 2.05) is 24.3 Å². The van der Waals surface area contributed by atoms with Crippen molar-refractivity contribution in [1.29, 1.82) is 0 Å². The van der Waals surface area contributed by atoms with E-state index in [2.05, 4.69) is 32.6 Å². The van der Waals surface area contributed by atoms with Crippen LogP contribution in [0.3, 0.4) is 0 Å². The van der Waals surface area contributed by atoms with Crippen LogP contribution in [-0.2, 0) is 25.7 Å². The van der Waals surface area contributed by atoms with Crippen LogP contribution in [0.25, 0.3) is 10.9 Å². The van der Waals surface area contributed by atoms with E-state index in [0.717, 1.165) is 36.1 Å². The van der Waals surface area contributed by atoms with Gasteiger partial charge in [-0.15, -0.1) is 0 Å². The van der Waals surface area contributed by atoms with Crippen molar-refractivity contribution in [3.63, 3.8) is 0 Å². The number of carbonyl (C=O) groups excluding carboxylic acids is 4. The Kier molecular flexibility index (Phi) is 10.2. The Hall–Kier alpha value is -4.67. The third kappa shape index (κ3) is 7.89. The number of aromatic nitrogens is 2. The molecule has 0 aliphatic heterocycles. The number of rotatable bonds is 11. The summed E-state index contributed by atoms with van der Waals surface area (Å²) >= 11 is 0. The molecule has 3 amide bonds. The lowest BCUT2D eigenvalue weighted by Crippen LogP contribution is -2.50. The first-order valence-corrected chi connectivity index (χ1v) is 15.6. The Balaban J connectivity index is 1.26. The van der Waals surface area contributed by atoms with Gasteiger partial charge in [0.05, 0.1) is 7.11 Å². The predicted molar refractivity (Wildman–Crippen MR) is 170 cm³/mol. The minimum Gasteiger partial charge on any atom is -0.466 e. The number of nitrogens with zero attached hydrogens (tertiary/aromatic N) is 1. The predicted octanol–water partition coefficient (Wildman–Crippen LogP) is 3.91. The van der Waals surface area contributed by atoms with Crippen molar-refractivity contribution in [2.24, 2.45) is 17.8 Å². The summed E-state index contributed by atoms with van der Waals surface area (Å²) in [5.74, 6) is -0.262. The number of aromatic amines is 1. The number of anilines is 1. The number of hydrogen-bond acceptors (Lipinski definition) is 6. The summed E-state index contributed by atoms with van der Waals surface area (Å²) in [6.07, 6.45) is 10.6. The lowest BCUT2D eigenvalue weighted by atomic mass is 9.65. The van der Waals surface area contributed by atoms with Gasteiger partial charge in [-0.1, -0.05) is 44.0 Å². The van der Waals surface area contributed by atoms with E-state index in [4.69, 9.17) is 0 Å². The molecule has 0 radical (unpaired) electrons. The van der Waals surface area contributed by atoms with Gasteiger partial charge in [0.2, 0.25) is 11.8 Å². The van der Waals surface area contributed by atoms with Crippen LogP contribution in [0, 0.1) is 17.8 Å². The maximum Gasteiger partial charge on any atom is 0.330 e. The highest BCUT2D eigenvalue weighted by Gasteiger charge is 2.38. The molecule has 2 bridgehead atoms. The molecule has 3 aromatic rings. The van der Waals surface area contributed by atoms with Crippen molar-refractivity contribution in [2.75, 3.05) is 12.4 Å². The van der Waals surface area contributed by atoms with E-state index in [1.165, 1.54) is 42.9 Å². The molecular weight excluding hydrogens is 574 g/mol. The van der Waals surface area contributed by atoms with Crippen molar-refractivity contribution in [3.05, 3.63) is 76.9 Å². The molecule has 5 unspecified atom stereocenters. The van der Waals surface area contributed by atoms with Crippen molar-refractivity contribution in [1.82, 2.24) is 20.2 Å². The summed E-state index contributed by atoms with van der Waals surface area (Å²) < 4.78 is 5.88. The average molecular weight is 616 g/mol. The van der Waals surface area contributed by atoms with Crippen LogP contribution < -0.4 is 21.5 Å². The van der Waals surface area contributed by atoms with Crippen molar-refractivity contribution < 1.29 is 23.9 Å². The molecule has 2 aromatic heterocycles. The Bertz CT molecular complexity index is 1610. The molecule has 2 aliphatic carbocycles. The smallest absolute Gasteiger partial charge is 0.330 e. The number of allylic oxidation sites excluding steroid dienone is 1. The van der Waals surface area contributed by atoms with Crippen molar-refractivity contribution in [2.45, 2.75) is 70.5 Å². The number of methoxy groups -OCH3 is 1. The average Bonchev–Trinajstić information content (AvgIpc) is 3.47. The molecule has 2 saturated carbocycles. The number of esters is 1. The number of fused-ring (bicyclic) bond motifs is 3. The number of carbonyl (C=O) groups is 4. The van der Waals surface area contributed by atoms with Gasteiger partial charge in [0.15, 0.2) is 0 Å². The molecule has 4 N–H and O–H groups in total. The summed E-state index contributed by atoms with van der Waals surface area (Å²) in [7, 11) is 1.26. The molecule has 5 atom stereocenters. The highest BCUT2D eigenvalue weighted by Crippen LogP contribution is 2.42. The van der Waals surface area contributed by atoms with Crippen LogP contribution in [0.4, 0.5) is 5.69 Å². The molecule has 45 heavy (non-hydrogen) atoms. The maximum absolute atomic E-state index is 13.4. The van der Waals surface area contributed by atoms with Crippen LogP contribution >= 0.6 is 0 Å². The fourth-order valence-corrected chi connectivity index (χ4v) is 6.84. The molecule has 1 aromatic carbocycles. The van der Waals surface area contributed by atoms with E-state index in [-0.39, 0.29) is 42.7 Å². The minimum absolute atomic E-state index is 0.00794. The number of hydrogen-bond donors (Lipinski definition) is 4. The molecule has 11 nitrogen and oxygen atoms in total. The minimum atomic E-state index is -1.03. The lowest BCUT2D eigenvalue weighted by molar-refractivity contribution is -0.134. The van der Waals surface area contributed by atoms with Crippen LogP contribution in [0.2, 0.25) is 0 Å². The second-order valence-corrected chi connectivity index (χ2v) is 12.2. The summed E-state index contributed by atoms with van der Waals surface area (Å²) in [5.41, 5.74) is 0.524. The molecule has 2 fully saturated rings. The molecule has 11 heteroatoms. The van der Waals surface area contributed by atoms with E-state index in [0.29, 0.717) is 11.8 Å². The number of amides is 3. The van der Waals surface area contributed by atoms with Gasteiger partial charge in [-0.3, -0.25) is 19.2 Å². The number of nitrogens with one attached hydrogen (secondary N) is 4. The molecular formula is C34H41N5O6. The zero-order chi connectivity index (χ0) is 31.9. The van der Waals surface area contributed by atoms with Crippen molar-refractivity contribution in [3.8, 4) is 0 Å². The highest BCUT2D eigenvalue weighted by atomic mass is 16.5. The second-order valence-electron chi connectivity index (χ2n) is 12.2. The standard InChI is InChI=1S/C34H41N5O6/c1-21-17-22-9-7-11-24(18-22)31(21)38-29(40)20-39-16-8-14-27(34(39)44)37-32(42)26(13-5-6-15-30(41)45-2)36-33(43)28-19-23-10-3-4-12-25(23)35-28/h3-4,6,8,10,12,14-16,19,21-22,24,26,31,35H,5,7,9,11,13,17-18,20H2,1-2H3,(H,36,43)(H,37,42)(H,38,40)/b15-6+. The van der Waals surface area contributed by atoms with Crippen molar-refractivity contribution >= 4 is 40.3 Å². The molecule has 0 saturated heterocycles. The van der Waals surface area contributed by atoms with Crippen LogP contribution in [0.1, 0.15) is 62.4 Å². The second kappa shape index (κ2) is 14.4. The lowest BCUT2D eigenvalue weighted by Gasteiger charge is -2.44. The van der Waals surface area contributed by atoms with Crippen LogP contribution in [-0.4, -0.2) is 52.4 Å². The van der Waals surface area contributed by atoms with Gasteiger partial charge in [-0.2, -0.15) is 0 Å². The van der Waals surface area contributed by atoms with Gasteiger partial charge in [0.1, 0.15) is 24.0 Å². The number of benzene rings is 1.